The van der Waals surface area contributed by atoms with E-state index in [9.17, 15) is 4.39 Å². The lowest BCUT2D eigenvalue weighted by atomic mass is 9.91. The van der Waals surface area contributed by atoms with Crippen LogP contribution < -0.4 is 5.32 Å². The van der Waals surface area contributed by atoms with Crippen molar-refractivity contribution in [3.8, 4) is 0 Å². The van der Waals surface area contributed by atoms with Crippen LogP contribution in [0.4, 0.5) is 4.39 Å². The molecule has 0 aromatic heterocycles. The molecule has 2 rings (SSSR count). The van der Waals surface area contributed by atoms with Crippen molar-refractivity contribution in [3.63, 3.8) is 0 Å². The van der Waals surface area contributed by atoms with Gasteiger partial charge in [-0.15, -0.1) is 0 Å². The second-order valence-electron chi connectivity index (χ2n) is 4.40. The molecule has 0 radical (unpaired) electrons. The van der Waals surface area contributed by atoms with Crippen molar-refractivity contribution in [2.24, 2.45) is 0 Å². The molecule has 0 spiro atoms. The first-order valence-corrected chi connectivity index (χ1v) is 5.17. The Bertz CT molecular complexity index is 316. The maximum absolute atomic E-state index is 12.9. The van der Waals surface area contributed by atoms with Crippen molar-refractivity contribution in [2.75, 3.05) is 6.54 Å². The van der Waals surface area contributed by atoms with E-state index in [0.717, 1.165) is 18.5 Å². The average Bonchev–Trinajstić information content (AvgIpc) is 2.51. The highest BCUT2D eigenvalue weighted by Crippen LogP contribution is 2.23. The Labute approximate surface area is 84.3 Å². The highest BCUT2D eigenvalue weighted by atomic mass is 19.1. The molecule has 14 heavy (non-hydrogen) atoms. The predicted molar refractivity (Wildman–Crippen MR) is 55.7 cm³/mol. The zero-order valence-corrected chi connectivity index (χ0v) is 8.52. The quantitative estimate of drug-likeness (QED) is 0.761. The molecule has 1 fully saturated rings. The summed E-state index contributed by atoms with van der Waals surface area (Å²) < 4.78 is 12.9. The molecule has 1 aromatic rings. The minimum atomic E-state index is -0.135. The second-order valence-corrected chi connectivity index (χ2v) is 4.40. The second kappa shape index (κ2) is 3.70. The van der Waals surface area contributed by atoms with Gasteiger partial charge in [0, 0.05) is 5.54 Å². The van der Waals surface area contributed by atoms with Gasteiger partial charge in [-0.25, -0.2) is 4.39 Å². The van der Waals surface area contributed by atoms with Gasteiger partial charge in [0.1, 0.15) is 5.82 Å². The number of hydrogen-bond acceptors (Lipinski definition) is 1. The van der Waals surface area contributed by atoms with Crippen LogP contribution in [0.3, 0.4) is 0 Å². The van der Waals surface area contributed by atoms with Gasteiger partial charge in [0.15, 0.2) is 0 Å². The van der Waals surface area contributed by atoms with Gasteiger partial charge < -0.3 is 5.32 Å². The fourth-order valence-electron chi connectivity index (χ4n) is 2.21. The first kappa shape index (κ1) is 9.66. The monoisotopic (exact) mass is 193 g/mol. The minimum absolute atomic E-state index is 0.135. The fourth-order valence-corrected chi connectivity index (χ4v) is 2.21. The van der Waals surface area contributed by atoms with Crippen LogP contribution in [0.25, 0.3) is 0 Å². The van der Waals surface area contributed by atoms with E-state index in [1.54, 1.807) is 12.1 Å². The van der Waals surface area contributed by atoms with Crippen molar-refractivity contribution in [3.05, 3.63) is 35.6 Å². The summed E-state index contributed by atoms with van der Waals surface area (Å²) in [6, 6.07) is 6.90. The van der Waals surface area contributed by atoms with Crippen LogP contribution in [0.2, 0.25) is 0 Å². The maximum atomic E-state index is 12.9. The van der Waals surface area contributed by atoms with Gasteiger partial charge in [0.25, 0.3) is 0 Å². The van der Waals surface area contributed by atoms with Crippen LogP contribution in [0.1, 0.15) is 25.3 Å². The van der Waals surface area contributed by atoms with Gasteiger partial charge in [0.05, 0.1) is 0 Å². The molecule has 1 atom stereocenters. The Hall–Kier alpha value is -0.890. The Morgan fingerprint density at radius 2 is 2.36 bits per heavy atom. The Morgan fingerprint density at radius 1 is 1.50 bits per heavy atom. The van der Waals surface area contributed by atoms with E-state index >= 15 is 0 Å². The van der Waals surface area contributed by atoms with Crippen LogP contribution in [-0.4, -0.2) is 12.1 Å². The van der Waals surface area contributed by atoms with Crippen LogP contribution in [-0.2, 0) is 6.42 Å². The Kier molecular flexibility index (Phi) is 2.55. The molecule has 1 heterocycles. The highest BCUT2D eigenvalue weighted by molar-refractivity contribution is 5.19. The smallest absolute Gasteiger partial charge is 0.123 e. The lowest BCUT2D eigenvalue weighted by Crippen LogP contribution is -2.38. The normalized spacial score (nSPS) is 26.7. The van der Waals surface area contributed by atoms with Crippen molar-refractivity contribution in [1.29, 1.82) is 0 Å². The third kappa shape index (κ3) is 2.13. The summed E-state index contributed by atoms with van der Waals surface area (Å²) in [5, 5.41) is 3.48. The summed E-state index contributed by atoms with van der Waals surface area (Å²) >= 11 is 0. The zero-order valence-electron chi connectivity index (χ0n) is 8.52. The van der Waals surface area contributed by atoms with Gasteiger partial charge in [-0.3, -0.25) is 0 Å². The molecule has 0 bridgehead atoms. The van der Waals surface area contributed by atoms with Crippen molar-refractivity contribution < 1.29 is 4.39 Å². The molecular formula is C12H16FN. The fraction of sp³-hybridized carbons (Fsp3) is 0.500. The van der Waals surface area contributed by atoms with Gasteiger partial charge in [-0.2, -0.15) is 0 Å². The molecule has 1 aliphatic rings. The van der Waals surface area contributed by atoms with Crippen molar-refractivity contribution in [1.82, 2.24) is 5.32 Å². The standard InChI is InChI=1S/C12H16FN/c1-12(6-3-7-14-12)9-10-4-2-5-11(13)8-10/h2,4-5,8,14H,3,6-7,9H2,1H3. The number of benzene rings is 1. The lowest BCUT2D eigenvalue weighted by molar-refractivity contribution is 0.412. The Balaban J connectivity index is 2.10. The molecule has 2 heteroatoms. The third-order valence-corrected chi connectivity index (χ3v) is 2.94. The summed E-state index contributed by atoms with van der Waals surface area (Å²) in [7, 11) is 0. The van der Waals surface area contributed by atoms with Crippen molar-refractivity contribution >= 4 is 0 Å². The summed E-state index contributed by atoms with van der Waals surface area (Å²) in [4.78, 5) is 0. The average molecular weight is 193 g/mol. The number of rotatable bonds is 2. The molecule has 1 N–H and O–H groups in total. The summed E-state index contributed by atoms with van der Waals surface area (Å²) in [5.41, 5.74) is 1.26. The largest absolute Gasteiger partial charge is 0.311 e. The maximum Gasteiger partial charge on any atom is 0.123 e. The van der Waals surface area contributed by atoms with Gasteiger partial charge in [-0.1, -0.05) is 12.1 Å². The molecule has 1 nitrogen and oxygen atoms in total. The number of halogens is 1. The van der Waals surface area contributed by atoms with Crippen LogP contribution in [0.15, 0.2) is 24.3 Å². The summed E-state index contributed by atoms with van der Waals surface area (Å²) in [6.45, 7) is 3.30. The number of nitrogens with one attached hydrogen (secondary N) is 1. The van der Waals surface area contributed by atoms with Crippen molar-refractivity contribution in [2.45, 2.75) is 31.7 Å². The van der Waals surface area contributed by atoms with E-state index in [4.69, 9.17) is 0 Å². The van der Waals surface area contributed by atoms with Gasteiger partial charge in [0.2, 0.25) is 0 Å². The molecule has 0 saturated carbocycles. The zero-order chi connectivity index (χ0) is 10.0. The summed E-state index contributed by atoms with van der Waals surface area (Å²) in [5.74, 6) is -0.135. The molecule has 0 aliphatic carbocycles. The number of hydrogen-bond donors (Lipinski definition) is 1. The van der Waals surface area contributed by atoms with Crippen LogP contribution in [0, 0.1) is 5.82 Å². The molecule has 1 saturated heterocycles. The van der Waals surface area contributed by atoms with Crippen LogP contribution >= 0.6 is 0 Å². The van der Waals surface area contributed by atoms with E-state index in [1.165, 1.54) is 18.9 Å². The SMILES string of the molecule is CC1(Cc2cccc(F)c2)CCCN1. The molecule has 1 aliphatic heterocycles. The minimum Gasteiger partial charge on any atom is -0.311 e. The lowest BCUT2D eigenvalue weighted by Gasteiger charge is -2.24. The molecule has 0 amide bonds. The Morgan fingerprint density at radius 3 is 3.00 bits per heavy atom. The first-order chi connectivity index (χ1) is 6.68. The van der Waals surface area contributed by atoms with Gasteiger partial charge >= 0.3 is 0 Å². The van der Waals surface area contributed by atoms with E-state index < -0.39 is 0 Å². The van der Waals surface area contributed by atoms with Crippen LogP contribution in [0.5, 0.6) is 0 Å². The molecule has 1 unspecified atom stereocenters. The highest BCUT2D eigenvalue weighted by Gasteiger charge is 2.27. The van der Waals surface area contributed by atoms with E-state index in [0.29, 0.717) is 0 Å². The first-order valence-electron chi connectivity index (χ1n) is 5.17. The molecule has 76 valence electrons. The van der Waals surface area contributed by atoms with E-state index in [1.807, 2.05) is 6.07 Å². The molecule has 1 aromatic carbocycles. The third-order valence-electron chi connectivity index (χ3n) is 2.94. The predicted octanol–water partition coefficient (Wildman–Crippen LogP) is 2.51. The topological polar surface area (TPSA) is 12.0 Å². The van der Waals surface area contributed by atoms with E-state index in [2.05, 4.69) is 12.2 Å². The van der Waals surface area contributed by atoms with E-state index in [-0.39, 0.29) is 11.4 Å². The van der Waals surface area contributed by atoms with Gasteiger partial charge in [-0.05, 0) is 50.4 Å². The summed E-state index contributed by atoms with van der Waals surface area (Å²) in [6.07, 6.45) is 3.33. The molecular weight excluding hydrogens is 177 g/mol.